The molecular weight excluding hydrogens is 444 g/mol. The summed E-state index contributed by atoms with van der Waals surface area (Å²) in [7, 11) is -3.62. The molecule has 0 N–H and O–H groups in total. The SMILES string of the molecule is Cc1ccc(S(=O)(=O)N2CCCN(C(=O)c3ccccc3C(=O)c3cccs3)CC2)cc1. The summed E-state index contributed by atoms with van der Waals surface area (Å²) in [5, 5.41) is 1.83. The maximum absolute atomic E-state index is 13.3. The van der Waals surface area contributed by atoms with Crippen molar-refractivity contribution in [2.45, 2.75) is 18.2 Å². The van der Waals surface area contributed by atoms with Crippen LogP contribution >= 0.6 is 11.3 Å². The molecule has 32 heavy (non-hydrogen) atoms. The Kier molecular flexibility index (Phi) is 6.55. The van der Waals surface area contributed by atoms with Gasteiger partial charge in [0, 0.05) is 31.7 Å². The van der Waals surface area contributed by atoms with Crippen molar-refractivity contribution in [3.63, 3.8) is 0 Å². The molecule has 1 amide bonds. The monoisotopic (exact) mass is 468 g/mol. The van der Waals surface area contributed by atoms with Gasteiger partial charge in [0.2, 0.25) is 15.8 Å². The van der Waals surface area contributed by atoms with E-state index in [1.165, 1.54) is 15.6 Å². The second kappa shape index (κ2) is 9.36. The predicted molar refractivity (Wildman–Crippen MR) is 125 cm³/mol. The molecule has 166 valence electrons. The van der Waals surface area contributed by atoms with E-state index < -0.39 is 10.0 Å². The van der Waals surface area contributed by atoms with Gasteiger partial charge < -0.3 is 4.90 Å². The van der Waals surface area contributed by atoms with Crippen LogP contribution in [0.1, 0.15) is 37.6 Å². The number of hydrogen-bond acceptors (Lipinski definition) is 5. The Bertz CT molecular complexity index is 1220. The summed E-state index contributed by atoms with van der Waals surface area (Å²) >= 11 is 1.34. The van der Waals surface area contributed by atoms with Crippen LogP contribution in [0.5, 0.6) is 0 Å². The lowest BCUT2D eigenvalue weighted by Gasteiger charge is -2.23. The number of nitrogens with zero attached hydrogens (tertiary/aromatic N) is 2. The number of sulfonamides is 1. The summed E-state index contributed by atoms with van der Waals surface area (Å²) in [5.41, 5.74) is 1.71. The third-order valence-corrected chi connectivity index (χ3v) is 8.33. The lowest BCUT2D eigenvalue weighted by Crippen LogP contribution is -2.37. The number of aryl methyl sites for hydroxylation is 1. The maximum atomic E-state index is 13.3. The molecular formula is C24H24N2O4S2. The lowest BCUT2D eigenvalue weighted by atomic mass is 10.0. The number of thiophene rings is 1. The van der Waals surface area contributed by atoms with Crippen LogP contribution in [0, 0.1) is 6.92 Å². The van der Waals surface area contributed by atoms with Gasteiger partial charge in [0.05, 0.1) is 15.3 Å². The highest BCUT2D eigenvalue weighted by Crippen LogP contribution is 2.22. The zero-order valence-corrected chi connectivity index (χ0v) is 19.4. The molecule has 0 saturated carbocycles. The van der Waals surface area contributed by atoms with Gasteiger partial charge in [0.15, 0.2) is 0 Å². The molecule has 1 saturated heterocycles. The van der Waals surface area contributed by atoms with Crippen molar-refractivity contribution in [3.8, 4) is 0 Å². The second-order valence-electron chi connectivity index (χ2n) is 7.71. The first-order chi connectivity index (χ1) is 15.4. The largest absolute Gasteiger partial charge is 0.337 e. The topological polar surface area (TPSA) is 74.8 Å². The van der Waals surface area contributed by atoms with Crippen molar-refractivity contribution in [1.82, 2.24) is 9.21 Å². The molecule has 0 radical (unpaired) electrons. The molecule has 3 aromatic rings. The molecule has 8 heteroatoms. The molecule has 1 fully saturated rings. The first-order valence-corrected chi connectivity index (χ1v) is 12.7. The first-order valence-electron chi connectivity index (χ1n) is 10.4. The van der Waals surface area contributed by atoms with Gasteiger partial charge in [-0.3, -0.25) is 9.59 Å². The van der Waals surface area contributed by atoms with E-state index in [1.807, 2.05) is 12.3 Å². The fraction of sp³-hybridized carbons (Fsp3) is 0.250. The van der Waals surface area contributed by atoms with Crippen LogP contribution in [0.4, 0.5) is 0 Å². The summed E-state index contributed by atoms with van der Waals surface area (Å²) in [5.74, 6) is -0.428. The standard InChI is InChI=1S/C24H24N2O4S2/c1-18-9-11-19(12-10-18)32(29,30)26-14-5-13-25(15-16-26)24(28)21-7-3-2-6-20(21)23(27)22-8-4-17-31-22/h2-4,6-12,17H,5,13-16H2,1H3. The number of ketones is 1. The number of amides is 1. The number of carbonyl (C=O) groups is 2. The van der Waals surface area contributed by atoms with Gasteiger partial charge in [-0.25, -0.2) is 8.42 Å². The quantitative estimate of drug-likeness (QED) is 0.534. The van der Waals surface area contributed by atoms with Crippen molar-refractivity contribution in [2.75, 3.05) is 26.2 Å². The molecule has 0 unspecified atom stereocenters. The summed E-state index contributed by atoms with van der Waals surface area (Å²) in [6.45, 7) is 3.16. The zero-order chi connectivity index (χ0) is 22.7. The van der Waals surface area contributed by atoms with Gasteiger partial charge in [-0.2, -0.15) is 4.31 Å². The average Bonchev–Trinajstić information content (AvgIpc) is 3.22. The van der Waals surface area contributed by atoms with Gasteiger partial charge >= 0.3 is 0 Å². The van der Waals surface area contributed by atoms with E-state index in [0.29, 0.717) is 35.5 Å². The second-order valence-corrected chi connectivity index (χ2v) is 10.6. The Labute approximate surface area is 192 Å². The summed E-state index contributed by atoms with van der Waals surface area (Å²) in [6, 6.07) is 17.2. The van der Waals surface area contributed by atoms with Gasteiger partial charge in [0.25, 0.3) is 5.91 Å². The van der Waals surface area contributed by atoms with Crippen molar-refractivity contribution in [3.05, 3.63) is 87.6 Å². The van der Waals surface area contributed by atoms with E-state index >= 15 is 0 Å². The Balaban J connectivity index is 1.53. The van der Waals surface area contributed by atoms with Gasteiger partial charge in [-0.05, 0) is 43.0 Å². The molecule has 0 spiro atoms. The zero-order valence-electron chi connectivity index (χ0n) is 17.7. The molecule has 2 aromatic carbocycles. The van der Waals surface area contributed by atoms with Gasteiger partial charge in [-0.15, -0.1) is 11.3 Å². The number of carbonyl (C=O) groups excluding carboxylic acids is 2. The molecule has 6 nitrogen and oxygen atoms in total. The Morgan fingerprint density at radius 1 is 0.844 bits per heavy atom. The highest BCUT2D eigenvalue weighted by Gasteiger charge is 2.29. The molecule has 1 aliphatic heterocycles. The summed E-state index contributed by atoms with van der Waals surface area (Å²) < 4.78 is 27.5. The van der Waals surface area contributed by atoms with Crippen LogP contribution in [0.2, 0.25) is 0 Å². The minimum atomic E-state index is -3.62. The third-order valence-electron chi connectivity index (χ3n) is 5.55. The van der Waals surface area contributed by atoms with Crippen LogP contribution in [-0.4, -0.2) is 55.5 Å². The number of hydrogen-bond donors (Lipinski definition) is 0. The van der Waals surface area contributed by atoms with Crippen molar-refractivity contribution in [2.24, 2.45) is 0 Å². The van der Waals surface area contributed by atoms with Crippen molar-refractivity contribution < 1.29 is 18.0 Å². The number of benzene rings is 2. The minimum absolute atomic E-state index is 0.178. The maximum Gasteiger partial charge on any atom is 0.254 e. The smallest absolute Gasteiger partial charge is 0.254 e. The fourth-order valence-electron chi connectivity index (χ4n) is 3.77. The molecule has 2 heterocycles. The van der Waals surface area contributed by atoms with E-state index in [4.69, 9.17) is 0 Å². The molecule has 1 aromatic heterocycles. The normalized spacial score (nSPS) is 15.3. The Hall–Kier alpha value is -2.81. The van der Waals surface area contributed by atoms with Gasteiger partial charge in [0.1, 0.15) is 0 Å². The van der Waals surface area contributed by atoms with Crippen molar-refractivity contribution in [1.29, 1.82) is 0 Å². The van der Waals surface area contributed by atoms with E-state index in [-0.39, 0.29) is 29.7 Å². The predicted octanol–water partition coefficient (Wildman–Crippen LogP) is 3.82. The van der Waals surface area contributed by atoms with E-state index in [1.54, 1.807) is 65.6 Å². The van der Waals surface area contributed by atoms with Crippen LogP contribution in [0.25, 0.3) is 0 Å². The Morgan fingerprint density at radius 3 is 2.25 bits per heavy atom. The molecule has 0 atom stereocenters. The first kappa shape index (κ1) is 22.4. The van der Waals surface area contributed by atoms with Crippen molar-refractivity contribution >= 4 is 33.1 Å². The molecule has 0 aliphatic carbocycles. The highest BCUT2D eigenvalue weighted by molar-refractivity contribution is 7.89. The highest BCUT2D eigenvalue weighted by atomic mass is 32.2. The third kappa shape index (κ3) is 4.53. The van der Waals surface area contributed by atoms with E-state index in [2.05, 4.69) is 0 Å². The molecule has 1 aliphatic rings. The summed E-state index contributed by atoms with van der Waals surface area (Å²) in [6.07, 6.45) is 0.526. The van der Waals surface area contributed by atoms with E-state index in [0.717, 1.165) is 5.56 Å². The van der Waals surface area contributed by atoms with Crippen LogP contribution in [0.15, 0.2) is 70.9 Å². The molecule has 0 bridgehead atoms. The summed E-state index contributed by atoms with van der Waals surface area (Å²) in [4.78, 5) is 28.7. The van der Waals surface area contributed by atoms with Crippen LogP contribution in [-0.2, 0) is 10.0 Å². The van der Waals surface area contributed by atoms with Crippen LogP contribution < -0.4 is 0 Å². The number of rotatable bonds is 5. The minimum Gasteiger partial charge on any atom is -0.337 e. The Morgan fingerprint density at radius 2 is 1.56 bits per heavy atom. The molecule has 4 rings (SSSR count). The van der Waals surface area contributed by atoms with Gasteiger partial charge in [-0.1, -0.05) is 42.0 Å². The fourth-order valence-corrected chi connectivity index (χ4v) is 5.92. The van der Waals surface area contributed by atoms with E-state index in [9.17, 15) is 18.0 Å². The van der Waals surface area contributed by atoms with Crippen LogP contribution in [0.3, 0.4) is 0 Å². The lowest BCUT2D eigenvalue weighted by molar-refractivity contribution is 0.0760. The average molecular weight is 469 g/mol.